The summed E-state index contributed by atoms with van der Waals surface area (Å²) in [5.74, 6) is 0. The monoisotopic (exact) mass is 165 g/mol. The molecular formula is C8H11N3O. The zero-order valence-corrected chi connectivity index (χ0v) is 6.71. The van der Waals surface area contributed by atoms with Gasteiger partial charge in [0, 0.05) is 12.4 Å². The minimum Gasteiger partial charge on any atom is -0.326 e. The molecule has 0 spiro atoms. The van der Waals surface area contributed by atoms with Gasteiger partial charge in [-0.3, -0.25) is 9.78 Å². The summed E-state index contributed by atoms with van der Waals surface area (Å²) in [6.45, 7) is 0.987. The van der Waals surface area contributed by atoms with Crippen LogP contribution < -0.4 is 10.9 Å². The highest BCUT2D eigenvalue weighted by Gasteiger charge is 2.19. The van der Waals surface area contributed by atoms with Crippen molar-refractivity contribution in [2.45, 2.75) is 18.9 Å². The topological polar surface area (TPSA) is 57.8 Å². The van der Waals surface area contributed by atoms with Crippen molar-refractivity contribution in [2.75, 3.05) is 6.54 Å². The van der Waals surface area contributed by atoms with Crippen molar-refractivity contribution < 1.29 is 0 Å². The zero-order valence-electron chi connectivity index (χ0n) is 6.71. The summed E-state index contributed by atoms with van der Waals surface area (Å²) in [6, 6.07) is 0.162. The number of hydrogen-bond donors (Lipinski definition) is 2. The first-order chi connectivity index (χ1) is 5.88. The molecule has 64 valence electrons. The van der Waals surface area contributed by atoms with Gasteiger partial charge in [-0.25, -0.2) is 0 Å². The molecule has 2 N–H and O–H groups in total. The molecule has 2 heterocycles. The van der Waals surface area contributed by atoms with E-state index in [1.54, 1.807) is 12.4 Å². The first-order valence-corrected chi connectivity index (χ1v) is 4.15. The maximum absolute atomic E-state index is 11.2. The van der Waals surface area contributed by atoms with Crippen molar-refractivity contribution in [3.63, 3.8) is 0 Å². The van der Waals surface area contributed by atoms with Gasteiger partial charge in [0.05, 0.1) is 6.04 Å². The Labute approximate surface area is 70.0 Å². The van der Waals surface area contributed by atoms with Crippen LogP contribution in [0.2, 0.25) is 0 Å². The molecule has 0 bridgehead atoms. The van der Waals surface area contributed by atoms with Gasteiger partial charge in [0.15, 0.2) is 0 Å². The molecule has 0 aliphatic carbocycles. The molecular weight excluding hydrogens is 154 g/mol. The maximum atomic E-state index is 11.2. The molecule has 0 unspecified atom stereocenters. The second-order valence-electron chi connectivity index (χ2n) is 2.95. The molecule has 4 heteroatoms. The Morgan fingerprint density at radius 3 is 3.17 bits per heavy atom. The average molecular weight is 165 g/mol. The fourth-order valence-electron chi connectivity index (χ4n) is 1.53. The second kappa shape index (κ2) is 3.06. The molecule has 0 radical (unpaired) electrons. The molecule has 1 aromatic heterocycles. The summed E-state index contributed by atoms with van der Waals surface area (Å²) in [7, 11) is 0. The van der Waals surface area contributed by atoms with E-state index in [0.29, 0.717) is 5.69 Å². The van der Waals surface area contributed by atoms with Gasteiger partial charge in [-0.05, 0) is 19.4 Å². The van der Waals surface area contributed by atoms with Gasteiger partial charge in [0.2, 0.25) is 0 Å². The van der Waals surface area contributed by atoms with Crippen LogP contribution >= 0.6 is 0 Å². The second-order valence-corrected chi connectivity index (χ2v) is 2.95. The number of aromatic nitrogens is 2. The van der Waals surface area contributed by atoms with Gasteiger partial charge >= 0.3 is 0 Å². The molecule has 12 heavy (non-hydrogen) atoms. The molecule has 1 aliphatic heterocycles. The van der Waals surface area contributed by atoms with Crippen LogP contribution in [0, 0.1) is 0 Å². The quantitative estimate of drug-likeness (QED) is 0.624. The number of aromatic amines is 1. The Hall–Kier alpha value is -1.16. The van der Waals surface area contributed by atoms with Gasteiger partial charge in [-0.15, -0.1) is 0 Å². The Morgan fingerprint density at radius 1 is 1.58 bits per heavy atom. The number of nitrogens with zero attached hydrogens (tertiary/aromatic N) is 1. The van der Waals surface area contributed by atoms with Crippen LogP contribution in [0.25, 0.3) is 0 Å². The van der Waals surface area contributed by atoms with Crippen LogP contribution in [0.3, 0.4) is 0 Å². The van der Waals surface area contributed by atoms with Crippen molar-refractivity contribution in [1.82, 2.24) is 15.3 Å². The van der Waals surface area contributed by atoms with E-state index in [4.69, 9.17) is 0 Å². The van der Waals surface area contributed by atoms with E-state index in [-0.39, 0.29) is 11.6 Å². The molecule has 1 aromatic rings. The fraction of sp³-hybridized carbons (Fsp3) is 0.500. The molecule has 1 atom stereocenters. The van der Waals surface area contributed by atoms with E-state index >= 15 is 0 Å². The smallest absolute Gasteiger partial charge is 0.271 e. The van der Waals surface area contributed by atoms with Gasteiger partial charge in [-0.1, -0.05) is 0 Å². The third-order valence-electron chi connectivity index (χ3n) is 2.13. The molecule has 1 fully saturated rings. The molecule has 1 aliphatic rings. The molecule has 0 amide bonds. The predicted octanol–water partition coefficient (Wildman–Crippen LogP) is 0.194. The van der Waals surface area contributed by atoms with Crippen LogP contribution in [0.5, 0.6) is 0 Å². The van der Waals surface area contributed by atoms with E-state index in [2.05, 4.69) is 15.3 Å². The van der Waals surface area contributed by atoms with Crippen molar-refractivity contribution in [1.29, 1.82) is 0 Å². The maximum Gasteiger partial charge on any atom is 0.271 e. The number of H-pyrrole nitrogens is 1. The largest absolute Gasteiger partial charge is 0.326 e. The molecule has 1 saturated heterocycles. The summed E-state index contributed by atoms with van der Waals surface area (Å²) >= 11 is 0. The highest BCUT2D eigenvalue weighted by molar-refractivity contribution is 5.04. The lowest BCUT2D eigenvalue weighted by molar-refractivity contribution is 0.617. The summed E-state index contributed by atoms with van der Waals surface area (Å²) in [5.41, 5.74) is 0.548. The van der Waals surface area contributed by atoms with Crippen molar-refractivity contribution in [3.8, 4) is 0 Å². The molecule has 0 saturated carbocycles. The third-order valence-corrected chi connectivity index (χ3v) is 2.13. The minimum absolute atomic E-state index is 0.0723. The van der Waals surface area contributed by atoms with E-state index in [1.807, 2.05) is 0 Å². The summed E-state index contributed by atoms with van der Waals surface area (Å²) in [6.07, 6.45) is 5.32. The average Bonchev–Trinajstić information content (AvgIpc) is 2.57. The third kappa shape index (κ3) is 1.25. The Morgan fingerprint density at radius 2 is 2.50 bits per heavy atom. The summed E-state index contributed by atoms with van der Waals surface area (Å²) in [5, 5.41) is 3.23. The van der Waals surface area contributed by atoms with Crippen LogP contribution in [0.1, 0.15) is 24.6 Å². The fourth-order valence-corrected chi connectivity index (χ4v) is 1.53. The molecule has 2 rings (SSSR count). The first kappa shape index (κ1) is 7.49. The molecule has 4 nitrogen and oxygen atoms in total. The van der Waals surface area contributed by atoms with Crippen molar-refractivity contribution in [3.05, 3.63) is 28.4 Å². The number of rotatable bonds is 1. The summed E-state index contributed by atoms with van der Waals surface area (Å²) in [4.78, 5) is 17.9. The number of nitrogens with one attached hydrogen (secondary N) is 2. The van der Waals surface area contributed by atoms with Crippen LogP contribution in [0.15, 0.2) is 17.2 Å². The van der Waals surface area contributed by atoms with Crippen LogP contribution in [-0.4, -0.2) is 16.5 Å². The van der Waals surface area contributed by atoms with E-state index in [9.17, 15) is 4.79 Å². The number of hydrogen-bond acceptors (Lipinski definition) is 3. The lowest BCUT2D eigenvalue weighted by atomic mass is 10.2. The first-order valence-electron chi connectivity index (χ1n) is 4.15. The van der Waals surface area contributed by atoms with E-state index < -0.39 is 0 Å². The lowest BCUT2D eigenvalue weighted by Crippen LogP contribution is -2.23. The van der Waals surface area contributed by atoms with Gasteiger partial charge in [0.1, 0.15) is 5.69 Å². The highest BCUT2D eigenvalue weighted by atomic mass is 16.1. The van der Waals surface area contributed by atoms with Gasteiger partial charge in [-0.2, -0.15) is 0 Å². The zero-order chi connectivity index (χ0) is 8.39. The minimum atomic E-state index is -0.0723. The Bertz CT molecular complexity index is 314. The summed E-state index contributed by atoms with van der Waals surface area (Å²) < 4.78 is 0. The predicted molar refractivity (Wildman–Crippen MR) is 44.8 cm³/mol. The normalized spacial score (nSPS) is 22.8. The van der Waals surface area contributed by atoms with Gasteiger partial charge < -0.3 is 10.3 Å². The Kier molecular flexibility index (Phi) is 1.91. The van der Waals surface area contributed by atoms with Crippen molar-refractivity contribution in [2.24, 2.45) is 0 Å². The van der Waals surface area contributed by atoms with Crippen molar-refractivity contribution >= 4 is 0 Å². The SMILES string of the molecule is O=c1[nH]ccnc1[C@@H]1CCCN1. The lowest BCUT2D eigenvalue weighted by Gasteiger charge is -2.06. The van der Waals surface area contributed by atoms with Crippen LogP contribution in [-0.2, 0) is 0 Å². The standard InChI is InChI=1S/C8H11N3O/c12-8-7(10-4-5-11-8)6-2-1-3-9-6/h4-6,9H,1-3H2,(H,11,12)/t6-/m0/s1. The molecule has 0 aromatic carbocycles. The Balaban J connectivity index is 2.32. The van der Waals surface area contributed by atoms with E-state index in [1.165, 1.54) is 0 Å². The highest BCUT2D eigenvalue weighted by Crippen LogP contribution is 2.17. The van der Waals surface area contributed by atoms with E-state index in [0.717, 1.165) is 19.4 Å². The van der Waals surface area contributed by atoms with Crippen LogP contribution in [0.4, 0.5) is 0 Å². The van der Waals surface area contributed by atoms with Gasteiger partial charge in [0.25, 0.3) is 5.56 Å².